The number of carboxylic acids is 1. The number of aromatic nitrogens is 1. The minimum absolute atomic E-state index is 0.0776. The fourth-order valence-electron chi connectivity index (χ4n) is 0.688. The lowest BCUT2D eigenvalue weighted by Gasteiger charge is -1.99. The molecule has 0 unspecified atom stereocenters. The quantitative estimate of drug-likeness (QED) is 0.718. The Morgan fingerprint density at radius 3 is 2.83 bits per heavy atom. The first-order chi connectivity index (χ1) is 5.65. The molecule has 0 saturated heterocycles. The molecule has 0 aliphatic rings. The first-order valence-electron chi connectivity index (χ1n) is 3.09. The largest absolute Gasteiger partial charge is 0.481 e. The molecule has 1 aromatic heterocycles. The zero-order valence-electron chi connectivity index (χ0n) is 6.24. The smallest absolute Gasteiger partial charge is 0.357 e. The minimum atomic E-state index is -1.41. The van der Waals surface area contributed by atoms with Crippen LogP contribution in [0.5, 0.6) is 5.88 Å². The van der Waals surface area contributed by atoms with Gasteiger partial charge in [0.2, 0.25) is 5.88 Å². The summed E-state index contributed by atoms with van der Waals surface area (Å²) in [6.45, 7) is 0. The molecule has 0 amide bonds. The van der Waals surface area contributed by atoms with Crippen molar-refractivity contribution in [3.05, 3.63) is 23.6 Å². The Labute approximate surface area is 67.6 Å². The third-order valence-electron chi connectivity index (χ3n) is 1.23. The molecule has 0 radical (unpaired) electrons. The lowest BCUT2D eigenvalue weighted by Crippen LogP contribution is -2.04. The molecule has 12 heavy (non-hydrogen) atoms. The van der Waals surface area contributed by atoms with E-state index in [1.807, 2.05) is 0 Å². The van der Waals surface area contributed by atoms with Crippen molar-refractivity contribution in [1.29, 1.82) is 0 Å². The summed E-state index contributed by atoms with van der Waals surface area (Å²) in [5, 5.41) is 8.43. The number of methoxy groups -OCH3 is 1. The number of pyridine rings is 1. The number of ether oxygens (including phenoxy) is 1. The van der Waals surface area contributed by atoms with Crippen LogP contribution in [-0.2, 0) is 0 Å². The summed E-state index contributed by atoms with van der Waals surface area (Å²) < 4.78 is 17.3. The zero-order chi connectivity index (χ0) is 9.14. The Morgan fingerprint density at radius 1 is 1.67 bits per heavy atom. The van der Waals surface area contributed by atoms with E-state index >= 15 is 0 Å². The van der Waals surface area contributed by atoms with E-state index in [1.54, 1.807) is 0 Å². The number of carbonyl (C=O) groups is 1. The van der Waals surface area contributed by atoms with Crippen LogP contribution < -0.4 is 4.74 Å². The summed E-state index contributed by atoms with van der Waals surface area (Å²) in [6, 6.07) is 2.25. The summed E-state index contributed by atoms with van der Waals surface area (Å²) in [7, 11) is 1.33. The average Bonchev–Trinajstić information content (AvgIpc) is 2.05. The molecule has 4 nitrogen and oxygen atoms in total. The molecule has 0 atom stereocenters. The van der Waals surface area contributed by atoms with Gasteiger partial charge in [-0.1, -0.05) is 0 Å². The molecule has 1 N–H and O–H groups in total. The highest BCUT2D eigenvalue weighted by molar-refractivity contribution is 5.85. The van der Waals surface area contributed by atoms with Gasteiger partial charge in [-0.15, -0.1) is 0 Å². The summed E-state index contributed by atoms with van der Waals surface area (Å²) >= 11 is 0. The van der Waals surface area contributed by atoms with Crippen LogP contribution >= 0.6 is 0 Å². The standard InChI is InChI=1S/C7H6FNO3/c1-12-5-3-2-4(8)6(9-5)7(10)11/h2-3H,1H3,(H,10,11). The lowest BCUT2D eigenvalue weighted by molar-refractivity contribution is 0.0684. The highest BCUT2D eigenvalue weighted by atomic mass is 19.1. The average molecular weight is 171 g/mol. The Hall–Kier alpha value is -1.65. The van der Waals surface area contributed by atoms with Crippen LogP contribution in [0.4, 0.5) is 4.39 Å². The molecule has 0 saturated carbocycles. The number of hydrogen-bond acceptors (Lipinski definition) is 3. The monoisotopic (exact) mass is 171 g/mol. The van der Waals surface area contributed by atoms with E-state index in [4.69, 9.17) is 5.11 Å². The maximum absolute atomic E-state index is 12.7. The van der Waals surface area contributed by atoms with E-state index < -0.39 is 17.5 Å². The third-order valence-corrected chi connectivity index (χ3v) is 1.23. The number of rotatable bonds is 2. The number of nitrogens with zero attached hydrogens (tertiary/aromatic N) is 1. The molecule has 0 bridgehead atoms. The van der Waals surface area contributed by atoms with Crippen molar-refractivity contribution in [1.82, 2.24) is 4.98 Å². The first-order valence-corrected chi connectivity index (χ1v) is 3.09. The van der Waals surface area contributed by atoms with Crippen molar-refractivity contribution in [3.8, 4) is 5.88 Å². The van der Waals surface area contributed by atoms with Gasteiger partial charge in [0.05, 0.1) is 7.11 Å². The van der Waals surface area contributed by atoms with Crippen LogP contribution in [0.3, 0.4) is 0 Å². The second-order valence-corrected chi connectivity index (χ2v) is 1.99. The second-order valence-electron chi connectivity index (χ2n) is 1.99. The van der Waals surface area contributed by atoms with E-state index in [-0.39, 0.29) is 5.88 Å². The topological polar surface area (TPSA) is 59.4 Å². The van der Waals surface area contributed by atoms with Crippen molar-refractivity contribution in [3.63, 3.8) is 0 Å². The number of halogens is 1. The molecule has 1 heterocycles. The van der Waals surface area contributed by atoms with E-state index in [0.29, 0.717) is 0 Å². The van der Waals surface area contributed by atoms with Crippen molar-refractivity contribution >= 4 is 5.97 Å². The zero-order valence-corrected chi connectivity index (χ0v) is 6.24. The van der Waals surface area contributed by atoms with Gasteiger partial charge in [-0.3, -0.25) is 0 Å². The molecular formula is C7H6FNO3. The summed E-state index contributed by atoms with van der Waals surface area (Å²) in [6.07, 6.45) is 0. The van der Waals surface area contributed by atoms with E-state index in [0.717, 1.165) is 6.07 Å². The highest BCUT2D eigenvalue weighted by Gasteiger charge is 2.12. The Morgan fingerprint density at radius 2 is 2.33 bits per heavy atom. The van der Waals surface area contributed by atoms with Gasteiger partial charge < -0.3 is 9.84 Å². The van der Waals surface area contributed by atoms with Crippen LogP contribution in [-0.4, -0.2) is 23.2 Å². The number of aromatic carboxylic acids is 1. The maximum Gasteiger partial charge on any atom is 0.357 e. The summed E-state index contributed by atoms with van der Waals surface area (Å²) in [5.74, 6) is -2.21. The maximum atomic E-state index is 12.7. The molecule has 0 spiro atoms. The minimum Gasteiger partial charge on any atom is -0.481 e. The van der Waals surface area contributed by atoms with Crippen molar-refractivity contribution in [2.75, 3.05) is 7.11 Å². The molecule has 64 valence electrons. The second kappa shape index (κ2) is 3.17. The Balaban J connectivity index is 3.17. The molecule has 5 heteroatoms. The van der Waals surface area contributed by atoms with Gasteiger partial charge in [-0.2, -0.15) is 0 Å². The molecule has 0 aromatic carbocycles. The third kappa shape index (κ3) is 1.50. The van der Waals surface area contributed by atoms with Crippen LogP contribution in [0.1, 0.15) is 10.5 Å². The van der Waals surface area contributed by atoms with Crippen molar-refractivity contribution in [2.24, 2.45) is 0 Å². The molecule has 0 aliphatic carbocycles. The van der Waals surface area contributed by atoms with E-state index in [9.17, 15) is 9.18 Å². The predicted octanol–water partition coefficient (Wildman–Crippen LogP) is 0.927. The SMILES string of the molecule is COc1ccc(F)c(C(=O)O)n1. The fourth-order valence-corrected chi connectivity index (χ4v) is 0.688. The van der Waals surface area contributed by atoms with Crippen molar-refractivity contribution in [2.45, 2.75) is 0 Å². The van der Waals surface area contributed by atoms with Gasteiger partial charge in [-0.05, 0) is 6.07 Å². The first kappa shape index (κ1) is 8.45. The van der Waals surface area contributed by atoms with Gasteiger partial charge in [0.25, 0.3) is 0 Å². The lowest BCUT2D eigenvalue weighted by atomic mass is 10.3. The van der Waals surface area contributed by atoms with Gasteiger partial charge >= 0.3 is 5.97 Å². The van der Waals surface area contributed by atoms with Gasteiger partial charge in [0, 0.05) is 6.07 Å². The predicted molar refractivity (Wildman–Crippen MR) is 37.7 cm³/mol. The van der Waals surface area contributed by atoms with Crippen LogP contribution in [0, 0.1) is 5.82 Å². The van der Waals surface area contributed by atoms with Crippen LogP contribution in [0.25, 0.3) is 0 Å². The normalized spacial score (nSPS) is 9.50. The summed E-state index contributed by atoms with van der Waals surface area (Å²) in [4.78, 5) is 13.7. The van der Waals surface area contributed by atoms with Gasteiger partial charge in [0.15, 0.2) is 11.5 Å². The molecule has 0 fully saturated rings. The Kier molecular flexibility index (Phi) is 2.23. The van der Waals surface area contributed by atoms with Gasteiger partial charge in [0.1, 0.15) is 0 Å². The summed E-state index contributed by atoms with van der Waals surface area (Å²) in [5.41, 5.74) is -0.630. The van der Waals surface area contributed by atoms with Crippen molar-refractivity contribution < 1.29 is 19.0 Å². The molecular weight excluding hydrogens is 165 g/mol. The van der Waals surface area contributed by atoms with Gasteiger partial charge in [-0.25, -0.2) is 14.2 Å². The van der Waals surface area contributed by atoms with E-state index in [1.165, 1.54) is 13.2 Å². The molecule has 0 aliphatic heterocycles. The molecule has 1 aromatic rings. The fraction of sp³-hybridized carbons (Fsp3) is 0.143. The van der Waals surface area contributed by atoms with Crippen LogP contribution in [0.15, 0.2) is 12.1 Å². The molecule has 1 rings (SSSR count). The van der Waals surface area contributed by atoms with Crippen LogP contribution in [0.2, 0.25) is 0 Å². The highest BCUT2D eigenvalue weighted by Crippen LogP contribution is 2.10. The van der Waals surface area contributed by atoms with E-state index in [2.05, 4.69) is 9.72 Å². The number of hydrogen-bond donors (Lipinski definition) is 1. The Bertz CT molecular complexity index is 314. The number of carboxylic acid groups (broad SMARTS) is 1.